The van der Waals surface area contributed by atoms with Crippen molar-refractivity contribution in [3.05, 3.63) is 46.7 Å². The SMILES string of the molecule is CN(CCCOc1ccc(-c2n[nH]c3cc(Br)ccc23)c(F)c1)C(=O)O. The largest absolute Gasteiger partial charge is 0.493 e. The maximum absolute atomic E-state index is 14.5. The van der Waals surface area contributed by atoms with Gasteiger partial charge in [0.25, 0.3) is 0 Å². The minimum absolute atomic E-state index is 0.301. The van der Waals surface area contributed by atoms with E-state index in [4.69, 9.17) is 9.84 Å². The van der Waals surface area contributed by atoms with Crippen LogP contribution in [0.5, 0.6) is 5.75 Å². The van der Waals surface area contributed by atoms with Crippen LogP contribution in [0, 0.1) is 5.82 Å². The van der Waals surface area contributed by atoms with Crippen molar-refractivity contribution < 1.29 is 19.0 Å². The number of carbonyl (C=O) groups is 1. The molecule has 0 aliphatic heterocycles. The molecule has 2 aromatic carbocycles. The number of amides is 1. The molecule has 0 spiro atoms. The van der Waals surface area contributed by atoms with Crippen molar-refractivity contribution in [2.75, 3.05) is 20.2 Å². The predicted molar refractivity (Wildman–Crippen MR) is 100.0 cm³/mol. The molecule has 6 nitrogen and oxygen atoms in total. The number of benzene rings is 2. The van der Waals surface area contributed by atoms with Gasteiger partial charge in [0.05, 0.1) is 12.1 Å². The number of ether oxygens (including phenoxy) is 1. The van der Waals surface area contributed by atoms with Gasteiger partial charge in [0.1, 0.15) is 17.3 Å². The average Bonchev–Trinajstić information content (AvgIpc) is 3.01. The van der Waals surface area contributed by atoms with E-state index in [2.05, 4.69) is 26.1 Å². The molecule has 1 amide bonds. The number of aromatic nitrogens is 2. The van der Waals surface area contributed by atoms with E-state index in [1.807, 2.05) is 18.2 Å². The first-order valence-electron chi connectivity index (χ1n) is 7.96. The van der Waals surface area contributed by atoms with Gasteiger partial charge in [-0.3, -0.25) is 5.10 Å². The van der Waals surface area contributed by atoms with E-state index in [1.165, 1.54) is 18.0 Å². The highest BCUT2D eigenvalue weighted by molar-refractivity contribution is 9.10. The van der Waals surface area contributed by atoms with Gasteiger partial charge in [-0.2, -0.15) is 5.10 Å². The average molecular weight is 422 g/mol. The first kappa shape index (κ1) is 18.2. The van der Waals surface area contributed by atoms with Crippen molar-refractivity contribution in [1.29, 1.82) is 0 Å². The summed E-state index contributed by atoms with van der Waals surface area (Å²) in [7, 11) is 1.49. The van der Waals surface area contributed by atoms with Crippen molar-refractivity contribution in [2.45, 2.75) is 6.42 Å². The highest BCUT2D eigenvalue weighted by Crippen LogP contribution is 2.31. The van der Waals surface area contributed by atoms with Crippen LogP contribution in [0.2, 0.25) is 0 Å². The van der Waals surface area contributed by atoms with Gasteiger partial charge in [-0.15, -0.1) is 0 Å². The van der Waals surface area contributed by atoms with Gasteiger partial charge in [0.2, 0.25) is 0 Å². The first-order chi connectivity index (χ1) is 12.5. The molecule has 26 heavy (non-hydrogen) atoms. The van der Waals surface area contributed by atoms with E-state index in [0.29, 0.717) is 36.6 Å². The molecule has 0 unspecified atom stereocenters. The van der Waals surface area contributed by atoms with Gasteiger partial charge < -0.3 is 14.7 Å². The monoisotopic (exact) mass is 421 g/mol. The number of H-pyrrole nitrogens is 1. The highest BCUT2D eigenvalue weighted by atomic mass is 79.9. The number of fused-ring (bicyclic) bond motifs is 1. The number of nitrogens with zero attached hydrogens (tertiary/aromatic N) is 2. The summed E-state index contributed by atoms with van der Waals surface area (Å²) in [6.07, 6.45) is -0.468. The van der Waals surface area contributed by atoms with Gasteiger partial charge in [-0.25, -0.2) is 9.18 Å². The van der Waals surface area contributed by atoms with Crippen LogP contribution in [-0.4, -0.2) is 46.5 Å². The Labute approximate surface area is 157 Å². The Hall–Kier alpha value is -2.61. The Morgan fingerprint density at radius 3 is 2.88 bits per heavy atom. The Balaban J connectivity index is 1.70. The highest BCUT2D eigenvalue weighted by Gasteiger charge is 2.13. The van der Waals surface area contributed by atoms with Crippen LogP contribution >= 0.6 is 15.9 Å². The molecule has 2 N–H and O–H groups in total. The summed E-state index contributed by atoms with van der Waals surface area (Å²) in [4.78, 5) is 11.9. The number of halogens is 2. The third-order valence-electron chi connectivity index (χ3n) is 3.95. The second-order valence-electron chi connectivity index (χ2n) is 5.81. The molecule has 3 rings (SSSR count). The zero-order valence-electron chi connectivity index (χ0n) is 14.0. The quantitative estimate of drug-likeness (QED) is 0.573. The number of nitrogens with one attached hydrogen (secondary N) is 1. The molecule has 0 aliphatic carbocycles. The van der Waals surface area contributed by atoms with Crippen LogP contribution in [0.4, 0.5) is 9.18 Å². The van der Waals surface area contributed by atoms with Gasteiger partial charge in [-0.1, -0.05) is 15.9 Å². The van der Waals surface area contributed by atoms with Gasteiger partial charge in [-0.05, 0) is 36.8 Å². The van der Waals surface area contributed by atoms with E-state index < -0.39 is 11.9 Å². The van der Waals surface area contributed by atoms with Crippen molar-refractivity contribution >= 4 is 32.9 Å². The fourth-order valence-electron chi connectivity index (χ4n) is 2.56. The summed E-state index contributed by atoms with van der Waals surface area (Å²) in [5, 5.41) is 16.7. The zero-order valence-corrected chi connectivity index (χ0v) is 15.6. The summed E-state index contributed by atoms with van der Waals surface area (Å²) in [6.45, 7) is 0.653. The molecule has 1 heterocycles. The molecule has 0 saturated carbocycles. The van der Waals surface area contributed by atoms with E-state index in [-0.39, 0.29) is 0 Å². The molecular weight excluding hydrogens is 405 g/mol. The predicted octanol–water partition coefficient (Wildman–Crippen LogP) is 4.51. The summed E-state index contributed by atoms with van der Waals surface area (Å²) >= 11 is 3.39. The summed E-state index contributed by atoms with van der Waals surface area (Å²) in [5.41, 5.74) is 1.74. The van der Waals surface area contributed by atoms with Crippen molar-refractivity contribution in [1.82, 2.24) is 15.1 Å². The Morgan fingerprint density at radius 1 is 1.35 bits per heavy atom. The molecule has 0 aliphatic rings. The summed E-state index contributed by atoms with van der Waals surface area (Å²) in [5.74, 6) is -0.0340. The maximum Gasteiger partial charge on any atom is 0.407 e. The number of rotatable bonds is 6. The topological polar surface area (TPSA) is 78.5 Å². The molecular formula is C18H17BrFN3O3. The second-order valence-corrected chi connectivity index (χ2v) is 6.73. The Morgan fingerprint density at radius 2 is 2.15 bits per heavy atom. The number of hydrogen-bond acceptors (Lipinski definition) is 3. The van der Waals surface area contributed by atoms with E-state index in [9.17, 15) is 9.18 Å². The van der Waals surface area contributed by atoms with Crippen LogP contribution < -0.4 is 4.74 Å². The van der Waals surface area contributed by atoms with Gasteiger partial charge in [0.15, 0.2) is 0 Å². The fraction of sp³-hybridized carbons (Fsp3) is 0.222. The minimum atomic E-state index is -0.987. The molecule has 0 atom stereocenters. The lowest BCUT2D eigenvalue weighted by Gasteiger charge is -2.13. The van der Waals surface area contributed by atoms with Crippen molar-refractivity contribution in [2.24, 2.45) is 0 Å². The first-order valence-corrected chi connectivity index (χ1v) is 8.75. The lowest BCUT2D eigenvalue weighted by molar-refractivity contribution is 0.152. The summed E-state index contributed by atoms with van der Waals surface area (Å²) < 4.78 is 20.9. The molecule has 1 aromatic heterocycles. The van der Waals surface area contributed by atoms with Crippen LogP contribution in [0.25, 0.3) is 22.2 Å². The van der Waals surface area contributed by atoms with Gasteiger partial charge >= 0.3 is 6.09 Å². The maximum atomic E-state index is 14.5. The van der Waals surface area contributed by atoms with E-state index in [1.54, 1.807) is 12.1 Å². The Kier molecular flexibility index (Phi) is 5.41. The zero-order chi connectivity index (χ0) is 18.7. The lowest BCUT2D eigenvalue weighted by atomic mass is 10.1. The fourth-order valence-corrected chi connectivity index (χ4v) is 2.92. The lowest BCUT2D eigenvalue weighted by Crippen LogP contribution is -2.26. The standard InChI is InChI=1S/C18H17BrFN3O3/c1-23(18(24)25)7-2-8-26-12-4-6-13(15(20)10-12)17-14-5-3-11(19)9-16(14)21-22-17/h3-6,9-10H,2,7-8H2,1H3,(H,21,22)(H,24,25). The third kappa shape index (κ3) is 3.96. The van der Waals surface area contributed by atoms with Crippen LogP contribution in [-0.2, 0) is 0 Å². The Bertz CT molecular complexity index is 945. The van der Waals surface area contributed by atoms with E-state index in [0.717, 1.165) is 15.4 Å². The molecule has 136 valence electrons. The van der Waals surface area contributed by atoms with Crippen molar-refractivity contribution in [3.63, 3.8) is 0 Å². The van der Waals surface area contributed by atoms with Crippen LogP contribution in [0.15, 0.2) is 40.9 Å². The van der Waals surface area contributed by atoms with Gasteiger partial charge in [0, 0.05) is 35.1 Å². The normalized spacial score (nSPS) is 10.9. The third-order valence-corrected chi connectivity index (χ3v) is 4.45. The smallest absolute Gasteiger partial charge is 0.407 e. The molecule has 0 radical (unpaired) electrons. The number of aromatic amines is 1. The van der Waals surface area contributed by atoms with E-state index >= 15 is 0 Å². The second kappa shape index (κ2) is 7.74. The number of carboxylic acid groups (broad SMARTS) is 1. The molecule has 3 aromatic rings. The molecule has 0 saturated heterocycles. The number of hydrogen-bond donors (Lipinski definition) is 2. The summed E-state index contributed by atoms with van der Waals surface area (Å²) in [6, 6.07) is 10.3. The molecule has 8 heteroatoms. The van der Waals surface area contributed by atoms with Crippen molar-refractivity contribution in [3.8, 4) is 17.0 Å². The van der Waals surface area contributed by atoms with Crippen LogP contribution in [0.1, 0.15) is 6.42 Å². The molecule has 0 fully saturated rings. The minimum Gasteiger partial charge on any atom is -0.493 e. The van der Waals surface area contributed by atoms with Crippen LogP contribution in [0.3, 0.4) is 0 Å². The molecule has 0 bridgehead atoms.